The summed E-state index contributed by atoms with van der Waals surface area (Å²) in [5.41, 5.74) is 3.63. The fourth-order valence-corrected chi connectivity index (χ4v) is 2.18. The van der Waals surface area contributed by atoms with Gasteiger partial charge >= 0.3 is 11.8 Å². The van der Waals surface area contributed by atoms with E-state index in [1.165, 1.54) is 6.42 Å². The van der Waals surface area contributed by atoms with Gasteiger partial charge in [-0.1, -0.05) is 30.2 Å². The lowest BCUT2D eigenvalue weighted by molar-refractivity contribution is -0.136. The number of amides is 2. The number of nitrogens with one attached hydrogen (secondary N) is 2. The SMILES string of the molecule is O=C(NN=C1CCCCC1)C(=O)Nc1ccccc1Cl. The lowest BCUT2D eigenvalue weighted by atomic mass is 9.99. The molecule has 1 aliphatic rings. The predicted molar refractivity (Wildman–Crippen MR) is 78.7 cm³/mol. The van der Waals surface area contributed by atoms with Crippen LogP contribution in [-0.4, -0.2) is 17.5 Å². The molecular weight excluding hydrogens is 278 g/mol. The number of anilines is 1. The number of halogens is 1. The molecule has 5 nitrogen and oxygen atoms in total. The molecule has 106 valence electrons. The number of rotatable bonds is 2. The number of carbonyl (C=O) groups is 2. The number of hydrogen-bond donors (Lipinski definition) is 2. The normalized spacial score (nSPS) is 14.6. The zero-order valence-corrected chi connectivity index (χ0v) is 11.7. The molecule has 1 fully saturated rings. The Balaban J connectivity index is 1.89. The van der Waals surface area contributed by atoms with Gasteiger partial charge in [-0.3, -0.25) is 9.59 Å². The zero-order chi connectivity index (χ0) is 14.4. The fourth-order valence-electron chi connectivity index (χ4n) is 1.99. The van der Waals surface area contributed by atoms with E-state index in [2.05, 4.69) is 15.8 Å². The van der Waals surface area contributed by atoms with E-state index in [1.807, 2.05) is 0 Å². The van der Waals surface area contributed by atoms with Gasteiger partial charge < -0.3 is 5.32 Å². The van der Waals surface area contributed by atoms with Gasteiger partial charge in [-0.2, -0.15) is 5.10 Å². The molecule has 1 aromatic rings. The van der Waals surface area contributed by atoms with Crippen LogP contribution in [0.25, 0.3) is 0 Å². The van der Waals surface area contributed by atoms with Crippen LogP contribution >= 0.6 is 11.6 Å². The maximum atomic E-state index is 11.7. The highest BCUT2D eigenvalue weighted by Crippen LogP contribution is 2.20. The minimum Gasteiger partial charge on any atom is -0.316 e. The summed E-state index contributed by atoms with van der Waals surface area (Å²) >= 11 is 5.90. The van der Waals surface area contributed by atoms with Crippen molar-refractivity contribution in [2.75, 3.05) is 5.32 Å². The van der Waals surface area contributed by atoms with Crippen LogP contribution in [0.15, 0.2) is 29.4 Å². The summed E-state index contributed by atoms with van der Waals surface area (Å²) < 4.78 is 0. The summed E-state index contributed by atoms with van der Waals surface area (Å²) in [6, 6.07) is 6.73. The third-order valence-corrected chi connectivity index (χ3v) is 3.40. The van der Waals surface area contributed by atoms with Crippen molar-refractivity contribution in [3.63, 3.8) is 0 Å². The van der Waals surface area contributed by atoms with Crippen molar-refractivity contribution in [2.24, 2.45) is 5.10 Å². The fraction of sp³-hybridized carbons (Fsp3) is 0.357. The molecule has 1 saturated carbocycles. The molecule has 1 aromatic carbocycles. The van der Waals surface area contributed by atoms with E-state index in [1.54, 1.807) is 24.3 Å². The molecule has 0 bridgehead atoms. The molecule has 20 heavy (non-hydrogen) atoms. The number of benzene rings is 1. The molecule has 0 radical (unpaired) electrons. The third kappa shape index (κ3) is 4.06. The molecule has 0 aliphatic heterocycles. The largest absolute Gasteiger partial charge is 0.329 e. The topological polar surface area (TPSA) is 70.6 Å². The highest BCUT2D eigenvalue weighted by Gasteiger charge is 2.15. The second kappa shape index (κ2) is 7.05. The lowest BCUT2D eigenvalue weighted by Crippen LogP contribution is -2.33. The number of para-hydroxylation sites is 1. The van der Waals surface area contributed by atoms with Gasteiger partial charge in [-0.25, -0.2) is 5.43 Å². The van der Waals surface area contributed by atoms with E-state index in [0.29, 0.717) is 10.7 Å². The minimum atomic E-state index is -0.789. The van der Waals surface area contributed by atoms with Crippen LogP contribution in [-0.2, 0) is 9.59 Å². The van der Waals surface area contributed by atoms with Crippen LogP contribution in [0.4, 0.5) is 5.69 Å². The van der Waals surface area contributed by atoms with Crippen LogP contribution in [0.5, 0.6) is 0 Å². The first-order valence-corrected chi connectivity index (χ1v) is 6.96. The Kier molecular flexibility index (Phi) is 5.12. The summed E-state index contributed by atoms with van der Waals surface area (Å²) in [4.78, 5) is 23.3. The molecule has 6 heteroatoms. The van der Waals surface area contributed by atoms with Crippen LogP contribution in [0.3, 0.4) is 0 Å². The van der Waals surface area contributed by atoms with Crippen LogP contribution in [0.2, 0.25) is 5.02 Å². The first-order chi connectivity index (χ1) is 9.66. The molecule has 0 spiro atoms. The Morgan fingerprint density at radius 1 is 1.05 bits per heavy atom. The van der Waals surface area contributed by atoms with Gasteiger partial charge in [0.2, 0.25) is 0 Å². The van der Waals surface area contributed by atoms with E-state index in [4.69, 9.17) is 11.6 Å². The van der Waals surface area contributed by atoms with E-state index in [-0.39, 0.29) is 0 Å². The smallest absolute Gasteiger partial charge is 0.316 e. The van der Waals surface area contributed by atoms with Crippen molar-refractivity contribution >= 4 is 34.8 Å². The average molecular weight is 294 g/mol. The number of nitrogens with zero attached hydrogens (tertiary/aromatic N) is 1. The summed E-state index contributed by atoms with van der Waals surface area (Å²) in [7, 11) is 0. The highest BCUT2D eigenvalue weighted by molar-refractivity contribution is 6.41. The second-order valence-corrected chi connectivity index (χ2v) is 5.02. The van der Waals surface area contributed by atoms with E-state index in [9.17, 15) is 9.59 Å². The maximum absolute atomic E-state index is 11.7. The van der Waals surface area contributed by atoms with Crippen molar-refractivity contribution in [3.05, 3.63) is 29.3 Å². The van der Waals surface area contributed by atoms with Gasteiger partial charge in [-0.15, -0.1) is 0 Å². The zero-order valence-electron chi connectivity index (χ0n) is 11.0. The Hall–Kier alpha value is -1.88. The minimum absolute atomic E-state index is 0.382. The van der Waals surface area contributed by atoms with E-state index < -0.39 is 11.8 Å². The van der Waals surface area contributed by atoms with Crippen molar-refractivity contribution in [3.8, 4) is 0 Å². The summed E-state index contributed by atoms with van der Waals surface area (Å²) in [5.74, 6) is -1.57. The van der Waals surface area contributed by atoms with E-state index in [0.717, 1.165) is 31.4 Å². The molecule has 2 rings (SSSR count). The Bertz CT molecular complexity index is 535. The Labute approximate surface area is 122 Å². The van der Waals surface area contributed by atoms with Crippen molar-refractivity contribution in [1.82, 2.24) is 5.43 Å². The predicted octanol–water partition coefficient (Wildman–Crippen LogP) is 2.71. The van der Waals surface area contributed by atoms with Gasteiger partial charge in [0.05, 0.1) is 10.7 Å². The van der Waals surface area contributed by atoms with Crippen molar-refractivity contribution in [2.45, 2.75) is 32.1 Å². The molecule has 0 aromatic heterocycles. The quantitative estimate of drug-likeness (QED) is 0.650. The first-order valence-electron chi connectivity index (χ1n) is 6.58. The second-order valence-electron chi connectivity index (χ2n) is 4.61. The van der Waals surface area contributed by atoms with Crippen LogP contribution in [0.1, 0.15) is 32.1 Å². The molecule has 2 N–H and O–H groups in total. The maximum Gasteiger partial charge on any atom is 0.329 e. The van der Waals surface area contributed by atoms with Crippen molar-refractivity contribution < 1.29 is 9.59 Å². The summed E-state index contributed by atoms with van der Waals surface area (Å²) in [6.45, 7) is 0. The average Bonchev–Trinajstić information content (AvgIpc) is 2.48. The number of carbonyl (C=O) groups excluding carboxylic acids is 2. The first kappa shape index (κ1) is 14.5. The Morgan fingerprint density at radius 3 is 2.45 bits per heavy atom. The van der Waals surface area contributed by atoms with Gasteiger partial charge in [0, 0.05) is 5.71 Å². The van der Waals surface area contributed by atoms with Gasteiger partial charge in [0.25, 0.3) is 0 Å². The van der Waals surface area contributed by atoms with Crippen LogP contribution in [0, 0.1) is 0 Å². The highest BCUT2D eigenvalue weighted by atomic mass is 35.5. The van der Waals surface area contributed by atoms with Gasteiger partial charge in [-0.05, 0) is 37.8 Å². The molecule has 0 unspecified atom stereocenters. The lowest BCUT2D eigenvalue weighted by Gasteiger charge is -2.12. The molecule has 0 saturated heterocycles. The third-order valence-electron chi connectivity index (χ3n) is 3.07. The monoisotopic (exact) mass is 293 g/mol. The van der Waals surface area contributed by atoms with Crippen LogP contribution < -0.4 is 10.7 Å². The van der Waals surface area contributed by atoms with Gasteiger partial charge in [0.15, 0.2) is 0 Å². The number of hydrazone groups is 1. The van der Waals surface area contributed by atoms with Gasteiger partial charge in [0.1, 0.15) is 0 Å². The van der Waals surface area contributed by atoms with Crippen molar-refractivity contribution in [1.29, 1.82) is 0 Å². The molecule has 0 heterocycles. The number of hydrogen-bond acceptors (Lipinski definition) is 3. The van der Waals surface area contributed by atoms with E-state index >= 15 is 0 Å². The molecule has 1 aliphatic carbocycles. The molecular formula is C14H16ClN3O2. The Morgan fingerprint density at radius 2 is 1.75 bits per heavy atom. The summed E-state index contributed by atoms with van der Waals surface area (Å²) in [6.07, 6.45) is 5.12. The summed E-state index contributed by atoms with van der Waals surface area (Å²) in [5, 5.41) is 6.82. The standard InChI is InChI=1S/C14H16ClN3O2/c15-11-8-4-5-9-12(11)16-13(19)14(20)18-17-10-6-2-1-3-7-10/h4-5,8-9H,1-3,6-7H2,(H,16,19)(H,18,20). The molecule has 2 amide bonds. The molecule has 0 atom stereocenters.